The van der Waals surface area contributed by atoms with Gasteiger partial charge in [-0.2, -0.15) is 0 Å². The summed E-state index contributed by atoms with van der Waals surface area (Å²) in [5, 5.41) is 10.6. The highest BCUT2D eigenvalue weighted by molar-refractivity contribution is 9.10. The third kappa shape index (κ3) is 3.27. The Balaban J connectivity index is 2.04. The molecule has 0 N–H and O–H groups in total. The summed E-state index contributed by atoms with van der Waals surface area (Å²) in [6, 6.07) is 9.89. The van der Waals surface area contributed by atoms with Crippen molar-refractivity contribution in [2.45, 2.75) is 6.61 Å². The lowest BCUT2D eigenvalue weighted by molar-refractivity contribution is -0.384. The van der Waals surface area contributed by atoms with Gasteiger partial charge in [0.25, 0.3) is 5.69 Å². The minimum Gasteiger partial charge on any atom is -0.487 e. The van der Waals surface area contributed by atoms with Crippen LogP contribution in [0.1, 0.15) is 5.56 Å². The van der Waals surface area contributed by atoms with Gasteiger partial charge in [0, 0.05) is 12.1 Å². The number of ether oxygens (including phenoxy) is 1. The summed E-state index contributed by atoms with van der Waals surface area (Å²) in [6.07, 6.45) is 1.58. The van der Waals surface area contributed by atoms with E-state index in [2.05, 4.69) is 20.9 Å². The smallest absolute Gasteiger partial charge is 0.269 e. The van der Waals surface area contributed by atoms with Crippen molar-refractivity contribution < 1.29 is 9.66 Å². The monoisotopic (exact) mass is 308 g/mol. The molecule has 0 aliphatic rings. The molecule has 0 saturated heterocycles. The molecule has 0 bridgehead atoms. The molecular weight excluding hydrogens is 300 g/mol. The van der Waals surface area contributed by atoms with Crippen molar-refractivity contribution in [1.29, 1.82) is 0 Å². The third-order valence-corrected chi connectivity index (χ3v) is 2.70. The van der Waals surface area contributed by atoms with Crippen LogP contribution in [0, 0.1) is 10.1 Å². The van der Waals surface area contributed by atoms with E-state index < -0.39 is 4.92 Å². The molecule has 0 fully saturated rings. The first-order valence-corrected chi connectivity index (χ1v) is 5.92. The molecule has 1 aromatic heterocycles. The van der Waals surface area contributed by atoms with E-state index in [-0.39, 0.29) is 12.3 Å². The molecule has 0 amide bonds. The summed E-state index contributed by atoms with van der Waals surface area (Å²) in [7, 11) is 0. The molecule has 1 aromatic carbocycles. The summed E-state index contributed by atoms with van der Waals surface area (Å²) in [5.74, 6) is 0.615. The molecule has 0 saturated carbocycles. The Morgan fingerprint density at radius 2 is 2.17 bits per heavy atom. The van der Waals surface area contributed by atoms with Gasteiger partial charge in [0.2, 0.25) is 0 Å². The number of hydrogen-bond acceptors (Lipinski definition) is 4. The van der Waals surface area contributed by atoms with Crippen LogP contribution < -0.4 is 4.74 Å². The van der Waals surface area contributed by atoms with Gasteiger partial charge in [0.05, 0.1) is 11.1 Å². The predicted octanol–water partition coefficient (Wildman–Crippen LogP) is 3.33. The number of nitro benzene ring substituents is 1. The van der Waals surface area contributed by atoms with E-state index in [1.165, 1.54) is 12.1 Å². The van der Waals surface area contributed by atoms with Gasteiger partial charge in [0.1, 0.15) is 17.0 Å². The van der Waals surface area contributed by atoms with Crippen LogP contribution in [0.4, 0.5) is 5.69 Å². The molecule has 18 heavy (non-hydrogen) atoms. The minimum absolute atomic E-state index is 0.0602. The first kappa shape index (κ1) is 12.5. The fraction of sp³-hybridized carbons (Fsp3) is 0.0833. The number of non-ortho nitro benzene ring substituents is 1. The van der Waals surface area contributed by atoms with Crippen LogP contribution in [-0.4, -0.2) is 9.91 Å². The fourth-order valence-electron chi connectivity index (χ4n) is 1.37. The Morgan fingerprint density at radius 1 is 1.33 bits per heavy atom. The first-order valence-electron chi connectivity index (χ1n) is 5.13. The van der Waals surface area contributed by atoms with Crippen molar-refractivity contribution in [2.24, 2.45) is 0 Å². The van der Waals surface area contributed by atoms with E-state index in [4.69, 9.17) is 4.74 Å². The van der Waals surface area contributed by atoms with Crippen molar-refractivity contribution in [2.75, 3.05) is 0 Å². The quantitative estimate of drug-likeness (QED) is 0.493. The molecule has 2 rings (SSSR count). The van der Waals surface area contributed by atoms with Crippen LogP contribution in [-0.2, 0) is 6.61 Å². The second-order valence-electron chi connectivity index (χ2n) is 3.53. The van der Waals surface area contributed by atoms with E-state index in [0.717, 1.165) is 10.2 Å². The van der Waals surface area contributed by atoms with Crippen molar-refractivity contribution in [3.8, 4) is 5.75 Å². The lowest BCUT2D eigenvalue weighted by atomic mass is 10.2. The predicted molar refractivity (Wildman–Crippen MR) is 69.4 cm³/mol. The number of pyridine rings is 1. The van der Waals surface area contributed by atoms with Gasteiger partial charge in [-0.05, 0) is 33.6 Å². The molecule has 2 aromatic rings. The summed E-state index contributed by atoms with van der Waals surface area (Å²) in [4.78, 5) is 14.2. The van der Waals surface area contributed by atoms with E-state index in [9.17, 15) is 10.1 Å². The molecule has 0 atom stereocenters. The van der Waals surface area contributed by atoms with E-state index in [1.54, 1.807) is 30.5 Å². The minimum atomic E-state index is -0.426. The van der Waals surface area contributed by atoms with Crippen molar-refractivity contribution in [3.05, 3.63) is 62.9 Å². The van der Waals surface area contributed by atoms with E-state index in [0.29, 0.717) is 5.75 Å². The number of halogens is 1. The lowest BCUT2D eigenvalue weighted by Crippen LogP contribution is -1.97. The maximum atomic E-state index is 10.6. The summed E-state index contributed by atoms with van der Waals surface area (Å²) >= 11 is 3.23. The SMILES string of the molecule is O=[N+]([O-])c1cccc(COc2ccc(Br)nc2)c1. The molecule has 1 heterocycles. The second kappa shape index (κ2) is 5.59. The van der Waals surface area contributed by atoms with Crippen LogP contribution in [0.3, 0.4) is 0 Å². The van der Waals surface area contributed by atoms with Gasteiger partial charge < -0.3 is 4.74 Å². The number of aromatic nitrogens is 1. The summed E-state index contributed by atoms with van der Waals surface area (Å²) in [6.45, 7) is 0.269. The van der Waals surface area contributed by atoms with Gasteiger partial charge in [0.15, 0.2) is 0 Å². The number of nitrogens with zero attached hydrogens (tertiary/aromatic N) is 2. The lowest BCUT2D eigenvalue weighted by Gasteiger charge is -2.05. The molecule has 92 valence electrons. The van der Waals surface area contributed by atoms with Crippen LogP contribution in [0.25, 0.3) is 0 Å². The van der Waals surface area contributed by atoms with Crippen molar-refractivity contribution in [1.82, 2.24) is 4.98 Å². The second-order valence-corrected chi connectivity index (χ2v) is 4.34. The largest absolute Gasteiger partial charge is 0.487 e. The maximum Gasteiger partial charge on any atom is 0.269 e. The third-order valence-electron chi connectivity index (χ3n) is 2.23. The number of benzene rings is 1. The highest BCUT2D eigenvalue weighted by Crippen LogP contribution is 2.17. The van der Waals surface area contributed by atoms with Crippen LogP contribution >= 0.6 is 15.9 Å². The normalized spacial score (nSPS) is 10.1. The Morgan fingerprint density at radius 3 is 2.83 bits per heavy atom. The molecule has 6 heteroatoms. The molecule has 0 spiro atoms. The Labute approximate surface area is 112 Å². The van der Waals surface area contributed by atoms with Gasteiger partial charge in [-0.15, -0.1) is 0 Å². The molecule has 0 aliphatic heterocycles. The topological polar surface area (TPSA) is 65.3 Å². The number of nitro groups is 1. The highest BCUT2D eigenvalue weighted by atomic mass is 79.9. The fourth-order valence-corrected chi connectivity index (χ4v) is 1.61. The molecule has 0 unspecified atom stereocenters. The average molecular weight is 309 g/mol. The summed E-state index contributed by atoms with van der Waals surface area (Å²) in [5.41, 5.74) is 0.803. The van der Waals surface area contributed by atoms with Gasteiger partial charge in [-0.3, -0.25) is 10.1 Å². The summed E-state index contributed by atoms with van der Waals surface area (Å²) < 4.78 is 6.20. The van der Waals surface area contributed by atoms with Crippen LogP contribution in [0.2, 0.25) is 0 Å². The zero-order valence-corrected chi connectivity index (χ0v) is 10.8. The Kier molecular flexibility index (Phi) is 3.88. The standard InChI is InChI=1S/C12H9BrN2O3/c13-12-5-4-11(7-14-12)18-8-9-2-1-3-10(6-9)15(16)17/h1-7H,8H2. The molecule has 0 aliphatic carbocycles. The maximum absolute atomic E-state index is 10.6. The van der Waals surface area contributed by atoms with Gasteiger partial charge >= 0.3 is 0 Å². The Hall–Kier alpha value is -1.95. The van der Waals surface area contributed by atoms with Crippen LogP contribution in [0.5, 0.6) is 5.75 Å². The molecular formula is C12H9BrN2O3. The van der Waals surface area contributed by atoms with Gasteiger partial charge in [-0.1, -0.05) is 12.1 Å². The number of hydrogen-bond donors (Lipinski definition) is 0. The average Bonchev–Trinajstić information content (AvgIpc) is 2.38. The molecule has 5 nitrogen and oxygen atoms in total. The zero-order chi connectivity index (χ0) is 13.0. The number of rotatable bonds is 4. The highest BCUT2D eigenvalue weighted by Gasteiger charge is 2.05. The first-order chi connectivity index (χ1) is 8.65. The van der Waals surface area contributed by atoms with Crippen molar-refractivity contribution >= 4 is 21.6 Å². The van der Waals surface area contributed by atoms with E-state index >= 15 is 0 Å². The zero-order valence-electron chi connectivity index (χ0n) is 9.25. The van der Waals surface area contributed by atoms with E-state index in [1.807, 2.05) is 0 Å². The van der Waals surface area contributed by atoms with Crippen molar-refractivity contribution in [3.63, 3.8) is 0 Å². The Bertz CT molecular complexity index is 558. The molecule has 0 radical (unpaired) electrons. The van der Waals surface area contributed by atoms with Crippen LogP contribution in [0.15, 0.2) is 47.2 Å². The van der Waals surface area contributed by atoms with Gasteiger partial charge in [-0.25, -0.2) is 4.98 Å².